The van der Waals surface area contributed by atoms with E-state index in [4.69, 9.17) is 9.47 Å². The SMILES string of the molecule is O=C(OCc1ccc(F)cc1F)c1cc(C2=C(c3cc(Br)cnc3OCc3ccc(F)cc3F)CCC2)ccc1F. The van der Waals surface area contributed by atoms with E-state index in [2.05, 4.69) is 20.9 Å². The second kappa shape index (κ2) is 12.2. The Kier molecular flexibility index (Phi) is 8.49. The second-order valence-corrected chi connectivity index (χ2v) is 10.3. The van der Waals surface area contributed by atoms with Gasteiger partial charge in [0.25, 0.3) is 0 Å². The number of pyridine rings is 1. The molecule has 10 heteroatoms. The van der Waals surface area contributed by atoms with Gasteiger partial charge in [-0.05, 0) is 94.4 Å². The highest BCUT2D eigenvalue weighted by Gasteiger charge is 2.24. The maximum absolute atomic E-state index is 14.7. The van der Waals surface area contributed by atoms with Gasteiger partial charge in [-0.25, -0.2) is 31.7 Å². The maximum Gasteiger partial charge on any atom is 0.341 e. The Balaban J connectivity index is 1.43. The van der Waals surface area contributed by atoms with Crippen LogP contribution in [0.15, 0.2) is 71.3 Å². The van der Waals surface area contributed by atoms with Crippen LogP contribution in [-0.2, 0) is 18.0 Å². The third-order valence-corrected chi connectivity index (χ3v) is 7.08. The Morgan fingerprint density at radius 2 is 1.44 bits per heavy atom. The Morgan fingerprint density at radius 3 is 2.12 bits per heavy atom. The minimum atomic E-state index is -0.998. The van der Waals surface area contributed by atoms with Crippen molar-refractivity contribution >= 4 is 33.0 Å². The predicted molar refractivity (Wildman–Crippen MR) is 145 cm³/mol. The lowest BCUT2D eigenvalue weighted by atomic mass is 9.96. The molecule has 0 N–H and O–H groups in total. The third kappa shape index (κ3) is 6.48. The van der Waals surface area contributed by atoms with Crippen LogP contribution in [0.5, 0.6) is 5.88 Å². The van der Waals surface area contributed by atoms with Crippen LogP contribution in [0.2, 0.25) is 0 Å². The van der Waals surface area contributed by atoms with Crippen LogP contribution in [0, 0.1) is 29.1 Å². The first-order chi connectivity index (χ1) is 19.7. The lowest BCUT2D eigenvalue weighted by Gasteiger charge is -2.15. The van der Waals surface area contributed by atoms with Crippen LogP contribution in [0.25, 0.3) is 11.1 Å². The number of carbonyl (C=O) groups excluding carboxylic acids is 1. The third-order valence-electron chi connectivity index (χ3n) is 6.65. The van der Waals surface area contributed by atoms with Crippen LogP contribution >= 0.6 is 15.9 Å². The molecule has 5 rings (SSSR count). The summed E-state index contributed by atoms with van der Waals surface area (Å²) in [5.74, 6) is -4.66. The van der Waals surface area contributed by atoms with E-state index in [1.54, 1.807) is 12.1 Å². The molecular weight excluding hydrogens is 609 g/mol. The number of aromatic nitrogens is 1. The van der Waals surface area contributed by atoms with E-state index in [1.807, 2.05) is 0 Å². The van der Waals surface area contributed by atoms with Gasteiger partial charge in [-0.3, -0.25) is 0 Å². The van der Waals surface area contributed by atoms with Gasteiger partial charge in [0.15, 0.2) is 0 Å². The molecule has 1 aliphatic rings. The number of nitrogens with zero attached hydrogens (tertiary/aromatic N) is 1. The van der Waals surface area contributed by atoms with E-state index in [1.165, 1.54) is 18.3 Å². The van der Waals surface area contributed by atoms with Crippen LogP contribution < -0.4 is 4.74 Å². The number of ether oxygens (including phenoxy) is 2. The molecule has 1 heterocycles. The van der Waals surface area contributed by atoms with E-state index in [9.17, 15) is 26.7 Å². The molecule has 210 valence electrons. The molecule has 0 aliphatic heterocycles. The topological polar surface area (TPSA) is 48.4 Å². The zero-order chi connectivity index (χ0) is 29.1. The predicted octanol–water partition coefficient (Wildman–Crippen LogP) is 8.57. The van der Waals surface area contributed by atoms with Gasteiger partial charge in [0, 0.05) is 39.5 Å². The quantitative estimate of drug-likeness (QED) is 0.145. The number of hydrogen-bond donors (Lipinski definition) is 0. The summed E-state index contributed by atoms with van der Waals surface area (Å²) in [6, 6.07) is 12.0. The molecule has 0 fully saturated rings. The van der Waals surface area contributed by atoms with Crippen LogP contribution in [0.1, 0.15) is 51.9 Å². The Labute approximate surface area is 240 Å². The van der Waals surface area contributed by atoms with Crippen molar-refractivity contribution < 1.29 is 36.2 Å². The van der Waals surface area contributed by atoms with Crippen LogP contribution in [-0.4, -0.2) is 11.0 Å². The number of allylic oxidation sites excluding steroid dienone is 2. The van der Waals surface area contributed by atoms with Gasteiger partial charge < -0.3 is 9.47 Å². The Hall–Kier alpha value is -4.05. The fraction of sp³-hybridized carbons (Fsp3) is 0.161. The molecule has 0 saturated carbocycles. The molecule has 41 heavy (non-hydrogen) atoms. The van der Waals surface area contributed by atoms with E-state index in [0.29, 0.717) is 34.5 Å². The molecule has 3 aromatic carbocycles. The lowest BCUT2D eigenvalue weighted by molar-refractivity contribution is 0.0463. The minimum absolute atomic E-state index is 0.0488. The highest BCUT2D eigenvalue weighted by atomic mass is 79.9. The summed E-state index contributed by atoms with van der Waals surface area (Å²) in [6.07, 6.45) is 3.56. The molecule has 0 spiro atoms. The number of rotatable bonds is 8. The zero-order valence-electron chi connectivity index (χ0n) is 21.3. The average molecular weight is 630 g/mol. The lowest BCUT2D eigenvalue weighted by Crippen LogP contribution is -2.09. The summed E-state index contributed by atoms with van der Waals surface area (Å²) < 4.78 is 80.9. The molecule has 0 saturated heterocycles. The Morgan fingerprint density at radius 1 is 0.780 bits per heavy atom. The number of benzene rings is 3. The number of esters is 1. The van der Waals surface area contributed by atoms with Gasteiger partial charge in [-0.15, -0.1) is 0 Å². The fourth-order valence-corrected chi connectivity index (χ4v) is 4.96. The number of hydrogen-bond acceptors (Lipinski definition) is 4. The van der Waals surface area contributed by atoms with Crippen LogP contribution in [0.4, 0.5) is 22.0 Å². The first kappa shape index (κ1) is 28.5. The van der Waals surface area contributed by atoms with E-state index in [-0.39, 0.29) is 29.2 Å². The maximum atomic E-state index is 14.7. The van der Waals surface area contributed by atoms with Crippen molar-refractivity contribution in [3.05, 3.63) is 128 Å². The van der Waals surface area contributed by atoms with Gasteiger partial charge in [-0.1, -0.05) is 6.07 Å². The standard InChI is InChI=1S/C31H21BrF5NO3/c32-20-11-25(30(38-14-20)40-15-18-4-7-21(33)12-28(18)36)24-3-1-2-23(24)17-6-9-27(35)26(10-17)31(39)41-16-19-5-8-22(34)13-29(19)37/h4-14H,1-3,15-16H2. The van der Waals surface area contributed by atoms with Gasteiger partial charge in [0.2, 0.25) is 5.88 Å². The molecule has 4 aromatic rings. The first-order valence-corrected chi connectivity index (χ1v) is 13.3. The minimum Gasteiger partial charge on any atom is -0.472 e. The van der Waals surface area contributed by atoms with Crippen molar-refractivity contribution in [3.8, 4) is 5.88 Å². The number of halogens is 6. The zero-order valence-corrected chi connectivity index (χ0v) is 22.9. The van der Waals surface area contributed by atoms with Crippen LogP contribution in [0.3, 0.4) is 0 Å². The van der Waals surface area contributed by atoms with Gasteiger partial charge in [0.05, 0.1) is 5.56 Å². The summed E-state index contributed by atoms with van der Waals surface area (Å²) in [5.41, 5.74) is 2.68. The smallest absolute Gasteiger partial charge is 0.341 e. The molecule has 0 radical (unpaired) electrons. The molecule has 0 amide bonds. The largest absolute Gasteiger partial charge is 0.472 e. The van der Waals surface area contributed by atoms with Gasteiger partial charge in [-0.2, -0.15) is 0 Å². The Bertz CT molecular complexity index is 1670. The summed E-state index contributed by atoms with van der Waals surface area (Å²) in [7, 11) is 0. The average Bonchev–Trinajstić information content (AvgIpc) is 3.42. The summed E-state index contributed by atoms with van der Waals surface area (Å²) in [6.45, 7) is -0.681. The van der Waals surface area contributed by atoms with Gasteiger partial charge >= 0.3 is 5.97 Å². The molecule has 0 unspecified atom stereocenters. The van der Waals surface area contributed by atoms with Crippen molar-refractivity contribution in [1.29, 1.82) is 0 Å². The first-order valence-electron chi connectivity index (χ1n) is 12.5. The van der Waals surface area contributed by atoms with Crippen molar-refractivity contribution in [2.75, 3.05) is 0 Å². The molecule has 1 aromatic heterocycles. The normalized spacial score (nSPS) is 13.0. The van der Waals surface area contributed by atoms with E-state index < -0.39 is 41.7 Å². The number of carbonyl (C=O) groups is 1. The summed E-state index contributed by atoms with van der Waals surface area (Å²) >= 11 is 3.42. The molecular formula is C31H21BrF5NO3. The van der Waals surface area contributed by atoms with Crippen molar-refractivity contribution in [3.63, 3.8) is 0 Å². The van der Waals surface area contributed by atoms with Crippen molar-refractivity contribution in [1.82, 2.24) is 4.98 Å². The summed E-state index contributed by atoms with van der Waals surface area (Å²) in [4.78, 5) is 17.1. The fourth-order valence-electron chi connectivity index (χ4n) is 4.63. The van der Waals surface area contributed by atoms with Crippen molar-refractivity contribution in [2.24, 2.45) is 0 Å². The summed E-state index contributed by atoms with van der Waals surface area (Å²) in [5, 5.41) is 0. The molecule has 4 nitrogen and oxygen atoms in total. The van der Waals surface area contributed by atoms with Gasteiger partial charge in [0.1, 0.15) is 42.3 Å². The van der Waals surface area contributed by atoms with Crippen molar-refractivity contribution in [2.45, 2.75) is 32.5 Å². The van der Waals surface area contributed by atoms with E-state index in [0.717, 1.165) is 47.9 Å². The highest BCUT2D eigenvalue weighted by Crippen LogP contribution is 2.43. The molecule has 0 bridgehead atoms. The molecule has 1 aliphatic carbocycles. The monoisotopic (exact) mass is 629 g/mol. The van der Waals surface area contributed by atoms with E-state index >= 15 is 0 Å². The highest BCUT2D eigenvalue weighted by molar-refractivity contribution is 9.10. The second-order valence-electron chi connectivity index (χ2n) is 9.35. The molecule has 0 atom stereocenters.